The van der Waals surface area contributed by atoms with Crippen molar-refractivity contribution in [2.24, 2.45) is 0 Å². The number of phenols is 1. The zero-order valence-corrected chi connectivity index (χ0v) is 12.1. The number of benzene rings is 2. The molecule has 0 unspecified atom stereocenters. The first-order valence-electron chi connectivity index (χ1n) is 6.02. The highest BCUT2D eigenvalue weighted by Gasteiger charge is 2.06. The summed E-state index contributed by atoms with van der Waals surface area (Å²) in [7, 11) is 0. The molecule has 0 radical (unpaired) electrons. The van der Waals surface area contributed by atoms with Crippen molar-refractivity contribution in [2.75, 3.05) is 0 Å². The van der Waals surface area contributed by atoms with Gasteiger partial charge in [0.05, 0.1) is 4.47 Å². The van der Waals surface area contributed by atoms with E-state index in [1.807, 2.05) is 19.1 Å². The van der Waals surface area contributed by atoms with Crippen LogP contribution >= 0.6 is 15.9 Å². The fourth-order valence-corrected chi connectivity index (χ4v) is 2.23. The summed E-state index contributed by atoms with van der Waals surface area (Å²) in [5.41, 5.74) is 2.11. The van der Waals surface area contributed by atoms with Crippen LogP contribution < -0.4 is 5.32 Å². The fourth-order valence-electron chi connectivity index (χ4n) is 1.80. The molecule has 2 aromatic rings. The predicted octanol–water partition coefficient (Wildman–Crippen LogP) is 4.14. The van der Waals surface area contributed by atoms with Crippen molar-refractivity contribution in [3.8, 4) is 5.75 Å². The van der Waals surface area contributed by atoms with Crippen LogP contribution in [0, 0.1) is 5.82 Å². The van der Waals surface area contributed by atoms with Crippen molar-refractivity contribution >= 4 is 15.9 Å². The van der Waals surface area contributed by atoms with Gasteiger partial charge in [0.25, 0.3) is 0 Å². The number of hydrogen-bond acceptors (Lipinski definition) is 2. The SMILES string of the molecule is C[C@H](NCc1ccc(O)c(Br)c1)c1ccc(F)cc1. The quantitative estimate of drug-likeness (QED) is 0.886. The average molecular weight is 324 g/mol. The van der Waals surface area contributed by atoms with Crippen LogP contribution in [0.25, 0.3) is 0 Å². The van der Waals surface area contributed by atoms with Gasteiger partial charge in [0.2, 0.25) is 0 Å². The van der Waals surface area contributed by atoms with Crippen LogP contribution in [0.5, 0.6) is 5.75 Å². The van der Waals surface area contributed by atoms with Crippen molar-refractivity contribution in [3.05, 3.63) is 63.9 Å². The summed E-state index contributed by atoms with van der Waals surface area (Å²) < 4.78 is 13.5. The molecule has 2 nitrogen and oxygen atoms in total. The Morgan fingerprint density at radius 2 is 1.89 bits per heavy atom. The van der Waals surface area contributed by atoms with Crippen molar-refractivity contribution in [1.82, 2.24) is 5.32 Å². The van der Waals surface area contributed by atoms with Gasteiger partial charge in [-0.05, 0) is 58.2 Å². The Bertz CT molecular complexity index is 557. The summed E-state index contributed by atoms with van der Waals surface area (Å²) in [6, 6.07) is 12.0. The second kappa shape index (κ2) is 6.17. The average Bonchev–Trinajstić information content (AvgIpc) is 2.40. The summed E-state index contributed by atoms with van der Waals surface area (Å²) in [5.74, 6) is 0.00810. The second-order valence-electron chi connectivity index (χ2n) is 4.44. The summed E-state index contributed by atoms with van der Waals surface area (Å²) in [6.07, 6.45) is 0. The van der Waals surface area contributed by atoms with Gasteiger partial charge in [-0.15, -0.1) is 0 Å². The predicted molar refractivity (Wildman–Crippen MR) is 77.5 cm³/mol. The molecule has 0 amide bonds. The highest BCUT2D eigenvalue weighted by atomic mass is 79.9. The van der Waals surface area contributed by atoms with Crippen LogP contribution in [0.1, 0.15) is 24.1 Å². The molecule has 0 heterocycles. The third-order valence-electron chi connectivity index (χ3n) is 2.99. The van der Waals surface area contributed by atoms with Crippen LogP contribution in [-0.2, 0) is 6.54 Å². The minimum atomic E-state index is -0.224. The van der Waals surface area contributed by atoms with Gasteiger partial charge >= 0.3 is 0 Å². The maximum atomic E-state index is 12.8. The normalized spacial score (nSPS) is 12.4. The summed E-state index contributed by atoms with van der Waals surface area (Å²) in [4.78, 5) is 0. The summed E-state index contributed by atoms with van der Waals surface area (Å²) in [5, 5.41) is 12.8. The van der Waals surface area contributed by atoms with E-state index >= 15 is 0 Å². The van der Waals surface area contributed by atoms with Gasteiger partial charge in [-0.3, -0.25) is 0 Å². The minimum absolute atomic E-state index is 0.133. The number of aromatic hydroxyl groups is 1. The Hall–Kier alpha value is -1.39. The van der Waals surface area contributed by atoms with Crippen molar-refractivity contribution in [2.45, 2.75) is 19.5 Å². The Labute approximate surface area is 120 Å². The van der Waals surface area contributed by atoms with Crippen LogP contribution in [0.3, 0.4) is 0 Å². The van der Waals surface area contributed by atoms with E-state index in [4.69, 9.17) is 0 Å². The largest absolute Gasteiger partial charge is 0.507 e. The number of nitrogens with one attached hydrogen (secondary N) is 1. The molecule has 0 saturated heterocycles. The van der Waals surface area contributed by atoms with E-state index < -0.39 is 0 Å². The second-order valence-corrected chi connectivity index (χ2v) is 5.29. The fraction of sp³-hybridized carbons (Fsp3) is 0.200. The standard InChI is InChI=1S/C15H15BrFNO/c1-10(12-3-5-13(17)6-4-12)18-9-11-2-7-15(19)14(16)8-11/h2-8,10,18-19H,9H2,1H3/t10-/m0/s1. The smallest absolute Gasteiger partial charge is 0.129 e. The Balaban J connectivity index is 1.98. The molecule has 0 aromatic heterocycles. The molecule has 0 spiro atoms. The number of hydrogen-bond donors (Lipinski definition) is 2. The lowest BCUT2D eigenvalue weighted by molar-refractivity contribution is 0.471. The summed E-state index contributed by atoms with van der Waals surface area (Å²) >= 11 is 3.29. The zero-order valence-electron chi connectivity index (χ0n) is 10.5. The highest BCUT2D eigenvalue weighted by Crippen LogP contribution is 2.24. The number of halogens is 2. The first-order chi connectivity index (χ1) is 9.06. The molecule has 4 heteroatoms. The Kier molecular flexibility index (Phi) is 4.56. The number of rotatable bonds is 4. The van der Waals surface area contributed by atoms with Crippen LogP contribution in [0.2, 0.25) is 0 Å². The lowest BCUT2D eigenvalue weighted by atomic mass is 10.1. The zero-order chi connectivity index (χ0) is 13.8. The van der Waals surface area contributed by atoms with Gasteiger partial charge in [0.1, 0.15) is 11.6 Å². The molecule has 2 N–H and O–H groups in total. The van der Waals surface area contributed by atoms with Crippen LogP contribution in [0.4, 0.5) is 4.39 Å². The Morgan fingerprint density at radius 1 is 1.21 bits per heavy atom. The molecule has 19 heavy (non-hydrogen) atoms. The molecule has 0 bridgehead atoms. The molecule has 2 aromatic carbocycles. The molecule has 0 fully saturated rings. The Morgan fingerprint density at radius 3 is 2.53 bits per heavy atom. The van der Waals surface area contributed by atoms with Crippen LogP contribution in [0.15, 0.2) is 46.9 Å². The van der Waals surface area contributed by atoms with E-state index in [1.165, 1.54) is 12.1 Å². The van der Waals surface area contributed by atoms with Crippen molar-refractivity contribution in [3.63, 3.8) is 0 Å². The molecule has 0 aliphatic rings. The first kappa shape index (κ1) is 14.0. The van der Waals surface area contributed by atoms with Crippen molar-refractivity contribution in [1.29, 1.82) is 0 Å². The van der Waals surface area contributed by atoms with E-state index in [2.05, 4.69) is 21.2 Å². The van der Waals surface area contributed by atoms with E-state index in [9.17, 15) is 9.50 Å². The summed E-state index contributed by atoms with van der Waals surface area (Å²) in [6.45, 7) is 2.71. The molecule has 1 atom stereocenters. The molecule has 0 aliphatic heterocycles. The molecule has 100 valence electrons. The van der Waals surface area contributed by atoms with Gasteiger partial charge in [-0.1, -0.05) is 18.2 Å². The lowest BCUT2D eigenvalue weighted by Gasteiger charge is -2.14. The van der Waals surface area contributed by atoms with Gasteiger partial charge in [-0.25, -0.2) is 4.39 Å². The van der Waals surface area contributed by atoms with Gasteiger partial charge in [0.15, 0.2) is 0 Å². The molecule has 0 saturated carbocycles. The molecule has 2 rings (SSSR count). The maximum absolute atomic E-state index is 12.8. The minimum Gasteiger partial charge on any atom is -0.507 e. The van der Waals surface area contributed by atoms with Crippen molar-refractivity contribution < 1.29 is 9.50 Å². The van der Waals surface area contributed by atoms with Gasteiger partial charge in [-0.2, -0.15) is 0 Å². The van der Waals surface area contributed by atoms with E-state index in [1.54, 1.807) is 18.2 Å². The molecule has 0 aliphatic carbocycles. The van der Waals surface area contributed by atoms with Gasteiger partial charge in [0, 0.05) is 12.6 Å². The van der Waals surface area contributed by atoms with E-state index in [-0.39, 0.29) is 17.6 Å². The first-order valence-corrected chi connectivity index (χ1v) is 6.82. The third kappa shape index (κ3) is 3.78. The monoisotopic (exact) mass is 323 g/mol. The van der Waals surface area contributed by atoms with E-state index in [0.717, 1.165) is 11.1 Å². The topological polar surface area (TPSA) is 32.3 Å². The number of phenolic OH excluding ortho intramolecular Hbond substituents is 1. The molecular weight excluding hydrogens is 309 g/mol. The maximum Gasteiger partial charge on any atom is 0.129 e. The molecular formula is C15H15BrFNO. The van der Waals surface area contributed by atoms with Gasteiger partial charge < -0.3 is 10.4 Å². The third-order valence-corrected chi connectivity index (χ3v) is 3.63. The van der Waals surface area contributed by atoms with E-state index in [0.29, 0.717) is 11.0 Å². The highest BCUT2D eigenvalue weighted by molar-refractivity contribution is 9.10. The van der Waals surface area contributed by atoms with Crippen LogP contribution in [-0.4, -0.2) is 5.11 Å². The lowest BCUT2D eigenvalue weighted by Crippen LogP contribution is -2.18.